The van der Waals surface area contributed by atoms with Crippen molar-refractivity contribution in [3.8, 4) is 0 Å². The molecule has 0 radical (unpaired) electrons. The largest absolute Gasteiger partial charge is 0.298 e. The van der Waals surface area contributed by atoms with Crippen molar-refractivity contribution in [2.24, 2.45) is 0 Å². The Kier molecular flexibility index (Phi) is 6.83. The number of amides is 2. The number of anilines is 1. The van der Waals surface area contributed by atoms with Gasteiger partial charge in [0, 0.05) is 26.7 Å². The van der Waals surface area contributed by atoms with Crippen LogP contribution in [-0.4, -0.2) is 21.9 Å². The first-order chi connectivity index (χ1) is 15.3. The predicted octanol–water partition coefficient (Wildman–Crippen LogP) is 6.02. The fourth-order valence-electron chi connectivity index (χ4n) is 2.90. The first kappa shape index (κ1) is 22.8. The van der Waals surface area contributed by atoms with Crippen LogP contribution in [0, 0.1) is 0 Å². The topological polar surface area (TPSA) is 62.3 Å². The van der Waals surface area contributed by atoms with Crippen molar-refractivity contribution in [1.29, 1.82) is 0 Å². The van der Waals surface area contributed by atoms with Gasteiger partial charge in [0.15, 0.2) is 5.11 Å². The first-order valence-corrected chi connectivity index (χ1v) is 11.4. The average molecular weight is 521 g/mol. The fourth-order valence-corrected chi connectivity index (χ4v) is 4.69. The monoisotopic (exact) mass is 519 g/mol. The van der Waals surface area contributed by atoms with E-state index in [1.165, 1.54) is 22.7 Å². The van der Waals surface area contributed by atoms with Crippen molar-refractivity contribution in [1.82, 2.24) is 10.3 Å². The molecule has 0 atom stereocenters. The molecule has 32 heavy (non-hydrogen) atoms. The second-order valence-corrected chi connectivity index (χ2v) is 9.21. The van der Waals surface area contributed by atoms with Gasteiger partial charge in [0.1, 0.15) is 10.6 Å². The van der Waals surface area contributed by atoms with Crippen LogP contribution < -0.4 is 10.2 Å². The molecule has 160 valence electrons. The second-order valence-electron chi connectivity index (χ2n) is 6.51. The lowest BCUT2D eigenvalue weighted by Gasteiger charge is -2.29. The summed E-state index contributed by atoms with van der Waals surface area (Å²) in [6.45, 7) is 0. The Hall–Kier alpha value is -2.42. The van der Waals surface area contributed by atoms with Gasteiger partial charge in [-0.1, -0.05) is 52.6 Å². The van der Waals surface area contributed by atoms with Gasteiger partial charge in [0.25, 0.3) is 11.8 Å². The van der Waals surface area contributed by atoms with Crippen LogP contribution in [0.5, 0.6) is 0 Å². The van der Waals surface area contributed by atoms with E-state index in [9.17, 15) is 9.59 Å². The van der Waals surface area contributed by atoms with Crippen molar-refractivity contribution in [3.05, 3.63) is 87.0 Å². The zero-order valence-corrected chi connectivity index (χ0v) is 19.9. The molecular formula is C22H12Cl3N3O2S2. The Bertz CT molecular complexity index is 1280. The quantitative estimate of drug-likeness (QED) is 0.259. The summed E-state index contributed by atoms with van der Waals surface area (Å²) in [4.78, 5) is 32.2. The summed E-state index contributed by atoms with van der Waals surface area (Å²) >= 11 is 24.7. The molecule has 2 aromatic carbocycles. The summed E-state index contributed by atoms with van der Waals surface area (Å²) in [7, 11) is 0. The van der Waals surface area contributed by atoms with Crippen molar-refractivity contribution < 1.29 is 9.59 Å². The van der Waals surface area contributed by atoms with Gasteiger partial charge >= 0.3 is 0 Å². The van der Waals surface area contributed by atoms with Gasteiger partial charge in [-0.2, -0.15) is 0 Å². The number of benzene rings is 2. The maximum absolute atomic E-state index is 13.2. The highest BCUT2D eigenvalue weighted by molar-refractivity contribution is 7.99. The molecule has 10 heteroatoms. The van der Waals surface area contributed by atoms with Crippen LogP contribution in [0.1, 0.15) is 5.56 Å². The summed E-state index contributed by atoms with van der Waals surface area (Å²) in [6.07, 6.45) is 3.10. The van der Waals surface area contributed by atoms with E-state index in [2.05, 4.69) is 10.3 Å². The Morgan fingerprint density at radius 1 is 1.00 bits per heavy atom. The molecule has 1 aliphatic rings. The number of halogens is 3. The van der Waals surface area contributed by atoms with Gasteiger partial charge in [-0.05, 0) is 66.8 Å². The number of nitrogens with zero attached hydrogens (tertiary/aromatic N) is 2. The van der Waals surface area contributed by atoms with Crippen LogP contribution in [0.25, 0.3) is 6.08 Å². The summed E-state index contributed by atoms with van der Waals surface area (Å²) < 4.78 is 0. The number of aromatic nitrogens is 1. The van der Waals surface area contributed by atoms with Crippen LogP contribution in [0.3, 0.4) is 0 Å². The number of carbonyl (C=O) groups excluding carboxylic acids is 2. The number of rotatable bonds is 4. The Labute approximate surface area is 208 Å². The lowest BCUT2D eigenvalue weighted by Crippen LogP contribution is -2.54. The molecule has 2 amide bonds. The third kappa shape index (κ3) is 4.82. The van der Waals surface area contributed by atoms with E-state index in [1.807, 2.05) is 0 Å². The average Bonchev–Trinajstić information content (AvgIpc) is 2.75. The normalized spacial score (nSPS) is 15.3. The van der Waals surface area contributed by atoms with Gasteiger partial charge in [-0.15, -0.1) is 0 Å². The molecule has 0 bridgehead atoms. The molecule has 1 fully saturated rings. The molecule has 0 spiro atoms. The summed E-state index contributed by atoms with van der Waals surface area (Å²) in [6, 6.07) is 15.2. The summed E-state index contributed by atoms with van der Waals surface area (Å²) in [5.74, 6) is -1.14. The lowest BCUT2D eigenvalue weighted by molar-refractivity contribution is -0.122. The second kappa shape index (κ2) is 9.60. The maximum Gasteiger partial charge on any atom is 0.270 e. The molecular weight excluding hydrogens is 509 g/mol. The molecule has 1 N–H and O–H groups in total. The summed E-state index contributed by atoms with van der Waals surface area (Å²) in [5, 5.41) is 4.62. The fraction of sp³-hybridized carbons (Fsp3) is 0. The third-order valence-corrected chi connectivity index (χ3v) is 6.69. The van der Waals surface area contributed by atoms with Crippen LogP contribution in [0.15, 0.2) is 76.3 Å². The van der Waals surface area contributed by atoms with E-state index in [1.54, 1.807) is 60.8 Å². The highest BCUT2D eigenvalue weighted by atomic mass is 35.5. The highest BCUT2D eigenvalue weighted by Crippen LogP contribution is 2.36. The molecule has 1 aliphatic heterocycles. The van der Waals surface area contributed by atoms with Crippen molar-refractivity contribution >= 4 is 87.5 Å². The minimum absolute atomic E-state index is 0.00629. The smallest absolute Gasteiger partial charge is 0.270 e. The molecule has 2 heterocycles. The van der Waals surface area contributed by atoms with Crippen LogP contribution in [0.2, 0.25) is 15.1 Å². The Balaban J connectivity index is 1.71. The lowest BCUT2D eigenvalue weighted by atomic mass is 10.1. The number of thiocarbonyl (C=S) groups is 1. The molecule has 0 unspecified atom stereocenters. The van der Waals surface area contributed by atoms with E-state index >= 15 is 0 Å². The van der Waals surface area contributed by atoms with Gasteiger partial charge in [-0.25, -0.2) is 4.98 Å². The van der Waals surface area contributed by atoms with Gasteiger partial charge in [0.2, 0.25) is 0 Å². The van der Waals surface area contributed by atoms with Gasteiger partial charge in [0.05, 0.1) is 10.7 Å². The van der Waals surface area contributed by atoms with E-state index < -0.39 is 11.8 Å². The molecule has 4 rings (SSSR count). The Morgan fingerprint density at radius 2 is 1.72 bits per heavy atom. The molecule has 5 nitrogen and oxygen atoms in total. The molecule has 1 saturated heterocycles. The van der Waals surface area contributed by atoms with Crippen LogP contribution >= 0.6 is 58.8 Å². The Morgan fingerprint density at radius 3 is 2.44 bits per heavy atom. The predicted molar refractivity (Wildman–Crippen MR) is 132 cm³/mol. The van der Waals surface area contributed by atoms with E-state index in [0.717, 1.165) is 4.90 Å². The zero-order chi connectivity index (χ0) is 22.8. The molecule has 1 aromatic heterocycles. The molecule has 3 aromatic rings. The zero-order valence-electron chi connectivity index (χ0n) is 16.0. The minimum atomic E-state index is -0.588. The standard InChI is InChI=1S/C22H12Cl3N3O2S2/c23-13-3-6-15(7-4-13)28-21(30)16(19(29)27-22(28)31)10-12-2-1-9-26-20(12)32-18-8-5-14(24)11-17(18)25/h1-11H,(H,27,29,31). The van der Waals surface area contributed by atoms with Crippen LogP contribution in [0.4, 0.5) is 5.69 Å². The third-order valence-electron chi connectivity index (χ3n) is 4.39. The highest BCUT2D eigenvalue weighted by Gasteiger charge is 2.34. The molecule has 0 aliphatic carbocycles. The van der Waals surface area contributed by atoms with E-state index in [0.29, 0.717) is 31.3 Å². The summed E-state index contributed by atoms with van der Waals surface area (Å²) in [5.41, 5.74) is 0.987. The molecule has 0 saturated carbocycles. The number of hydrogen-bond acceptors (Lipinski definition) is 5. The number of pyridine rings is 1. The van der Waals surface area contributed by atoms with Crippen molar-refractivity contribution in [3.63, 3.8) is 0 Å². The minimum Gasteiger partial charge on any atom is -0.298 e. The maximum atomic E-state index is 13.2. The van der Waals surface area contributed by atoms with Gasteiger partial charge in [-0.3, -0.25) is 19.8 Å². The van der Waals surface area contributed by atoms with Crippen molar-refractivity contribution in [2.45, 2.75) is 9.92 Å². The number of carbonyl (C=O) groups is 2. The number of hydrogen-bond donors (Lipinski definition) is 1. The first-order valence-electron chi connectivity index (χ1n) is 9.08. The van der Waals surface area contributed by atoms with Gasteiger partial charge < -0.3 is 0 Å². The number of nitrogens with one attached hydrogen (secondary N) is 1. The van der Waals surface area contributed by atoms with E-state index in [-0.39, 0.29) is 10.7 Å². The SMILES string of the molecule is O=C1NC(=S)N(c2ccc(Cl)cc2)C(=O)C1=Cc1cccnc1Sc1ccc(Cl)cc1Cl. The van der Waals surface area contributed by atoms with Crippen molar-refractivity contribution in [2.75, 3.05) is 4.90 Å². The van der Waals surface area contributed by atoms with Crippen LogP contribution in [-0.2, 0) is 9.59 Å². The van der Waals surface area contributed by atoms with E-state index in [4.69, 9.17) is 47.0 Å².